The van der Waals surface area contributed by atoms with Crippen LogP contribution in [0.1, 0.15) is 28.5 Å². The van der Waals surface area contributed by atoms with Crippen LogP contribution in [0.2, 0.25) is 0 Å². The SMILES string of the molecule is Cc1nnc2sc3c(NCc4ccc(C5OCC56CN(C=O)C6)cc4)ncnc3c2c1C. The minimum atomic E-state index is 0.0774. The smallest absolute Gasteiger partial charge is 0.209 e. The number of carbonyl (C=O) groups is 1. The summed E-state index contributed by atoms with van der Waals surface area (Å²) in [6.45, 7) is 6.98. The van der Waals surface area contributed by atoms with E-state index in [-0.39, 0.29) is 11.5 Å². The molecule has 1 aromatic carbocycles. The molecule has 0 saturated carbocycles. The summed E-state index contributed by atoms with van der Waals surface area (Å²) in [4.78, 5) is 22.6. The minimum Gasteiger partial charge on any atom is -0.372 e. The normalized spacial score (nSPS) is 19.2. The van der Waals surface area contributed by atoms with Crippen LogP contribution >= 0.6 is 11.3 Å². The van der Waals surface area contributed by atoms with Crippen molar-refractivity contribution >= 4 is 44.0 Å². The Bertz CT molecular complexity index is 1350. The van der Waals surface area contributed by atoms with Crippen LogP contribution in [0.3, 0.4) is 0 Å². The molecule has 162 valence electrons. The number of aryl methyl sites for hydroxylation is 2. The standard InChI is InChI=1S/C23H22N6O2S/c1-13-14(2)27-28-22-17(13)18-19(32-22)21(26-11-25-18)24-7-15-3-5-16(6-4-15)20-23(10-31-20)8-29(9-23)12-30/h3-6,11-12,20H,7-10H2,1-2H3,(H,24,25,26). The molecule has 4 aromatic rings. The molecule has 9 heteroatoms. The number of amides is 1. The van der Waals surface area contributed by atoms with Gasteiger partial charge in [-0.3, -0.25) is 4.79 Å². The van der Waals surface area contributed by atoms with E-state index in [4.69, 9.17) is 4.74 Å². The van der Waals surface area contributed by atoms with E-state index in [9.17, 15) is 4.79 Å². The Balaban J connectivity index is 1.21. The molecule has 3 aromatic heterocycles. The van der Waals surface area contributed by atoms with Crippen molar-refractivity contribution in [2.24, 2.45) is 5.41 Å². The number of anilines is 1. The van der Waals surface area contributed by atoms with E-state index in [0.717, 1.165) is 69.2 Å². The number of carbonyl (C=O) groups excluding carboxylic acids is 1. The Labute approximate surface area is 188 Å². The number of thiophene rings is 1. The first-order chi connectivity index (χ1) is 15.6. The summed E-state index contributed by atoms with van der Waals surface area (Å²) < 4.78 is 6.84. The van der Waals surface area contributed by atoms with E-state index in [1.54, 1.807) is 22.6 Å². The fourth-order valence-corrected chi connectivity index (χ4v) is 5.85. The van der Waals surface area contributed by atoms with Gasteiger partial charge in [-0.05, 0) is 30.5 Å². The molecule has 1 amide bonds. The molecule has 1 atom stereocenters. The highest BCUT2D eigenvalue weighted by atomic mass is 32.1. The van der Waals surface area contributed by atoms with Crippen LogP contribution in [-0.2, 0) is 16.1 Å². The van der Waals surface area contributed by atoms with Crippen LogP contribution in [-0.4, -0.2) is 51.2 Å². The summed E-state index contributed by atoms with van der Waals surface area (Å²) in [5.41, 5.74) is 5.39. The van der Waals surface area contributed by atoms with E-state index in [1.807, 2.05) is 6.92 Å². The lowest BCUT2D eigenvalue weighted by Crippen LogP contribution is -2.66. The van der Waals surface area contributed by atoms with E-state index in [0.29, 0.717) is 6.54 Å². The molecule has 0 radical (unpaired) electrons. The quantitative estimate of drug-likeness (QED) is 0.470. The first-order valence-corrected chi connectivity index (χ1v) is 11.4. The summed E-state index contributed by atoms with van der Waals surface area (Å²) in [5, 5.41) is 13.1. The van der Waals surface area contributed by atoms with Gasteiger partial charge in [0.1, 0.15) is 17.0 Å². The third kappa shape index (κ3) is 2.88. The molecule has 0 aliphatic carbocycles. The molecule has 2 fully saturated rings. The van der Waals surface area contributed by atoms with Crippen molar-refractivity contribution in [2.45, 2.75) is 26.5 Å². The molecule has 1 unspecified atom stereocenters. The second kappa shape index (κ2) is 7.18. The number of hydrogen-bond acceptors (Lipinski definition) is 8. The molecule has 2 saturated heterocycles. The molecule has 8 nitrogen and oxygen atoms in total. The summed E-state index contributed by atoms with van der Waals surface area (Å²) >= 11 is 1.57. The Hall–Kier alpha value is -3.17. The molecule has 1 N–H and O–H groups in total. The largest absolute Gasteiger partial charge is 0.372 e. The summed E-state index contributed by atoms with van der Waals surface area (Å²) in [6.07, 6.45) is 2.60. The molecule has 2 aliphatic rings. The average Bonchev–Trinajstić information content (AvgIpc) is 3.14. The van der Waals surface area contributed by atoms with Crippen LogP contribution in [0.4, 0.5) is 5.82 Å². The van der Waals surface area contributed by atoms with E-state index in [1.165, 1.54) is 5.56 Å². The third-order valence-corrected chi connectivity index (χ3v) is 7.75. The predicted octanol–water partition coefficient (Wildman–Crippen LogP) is 3.39. The second-order valence-corrected chi connectivity index (χ2v) is 9.75. The maximum absolute atomic E-state index is 10.9. The lowest BCUT2D eigenvalue weighted by molar-refractivity contribution is -0.245. The number of likely N-dealkylation sites (tertiary alicyclic amines) is 1. The fraction of sp³-hybridized carbons (Fsp3) is 0.348. The number of rotatable bonds is 5. The van der Waals surface area contributed by atoms with E-state index >= 15 is 0 Å². The van der Waals surface area contributed by atoms with Gasteiger partial charge < -0.3 is 15.0 Å². The van der Waals surface area contributed by atoms with Crippen molar-refractivity contribution in [1.82, 2.24) is 25.1 Å². The van der Waals surface area contributed by atoms with Gasteiger partial charge in [0.25, 0.3) is 0 Å². The fourth-order valence-electron chi connectivity index (χ4n) is 4.75. The molecule has 6 rings (SSSR count). The summed E-state index contributed by atoms with van der Waals surface area (Å²) in [6, 6.07) is 8.50. The van der Waals surface area contributed by atoms with Gasteiger partial charge in [0.2, 0.25) is 6.41 Å². The van der Waals surface area contributed by atoms with Crippen LogP contribution in [0.5, 0.6) is 0 Å². The Kier molecular flexibility index (Phi) is 4.38. The molecule has 1 spiro atoms. The summed E-state index contributed by atoms with van der Waals surface area (Å²) in [5.74, 6) is 0.809. The van der Waals surface area contributed by atoms with Crippen molar-refractivity contribution in [3.63, 3.8) is 0 Å². The zero-order valence-corrected chi connectivity index (χ0v) is 18.6. The van der Waals surface area contributed by atoms with Gasteiger partial charge >= 0.3 is 0 Å². The number of aromatic nitrogens is 4. The number of nitrogens with zero attached hydrogens (tertiary/aromatic N) is 5. The third-order valence-electron chi connectivity index (χ3n) is 6.68. The van der Waals surface area contributed by atoms with E-state index < -0.39 is 0 Å². The van der Waals surface area contributed by atoms with Gasteiger partial charge in [-0.25, -0.2) is 9.97 Å². The number of nitrogens with one attached hydrogen (secondary N) is 1. The predicted molar refractivity (Wildman–Crippen MR) is 123 cm³/mol. The van der Waals surface area contributed by atoms with Crippen LogP contribution in [0.15, 0.2) is 30.6 Å². The van der Waals surface area contributed by atoms with Crippen molar-refractivity contribution in [3.05, 3.63) is 53.0 Å². The Morgan fingerprint density at radius 2 is 2.03 bits per heavy atom. The summed E-state index contributed by atoms with van der Waals surface area (Å²) in [7, 11) is 0. The van der Waals surface area contributed by atoms with Gasteiger partial charge in [-0.15, -0.1) is 16.4 Å². The monoisotopic (exact) mass is 446 g/mol. The highest BCUT2D eigenvalue weighted by Gasteiger charge is 2.56. The lowest BCUT2D eigenvalue weighted by Gasteiger charge is -2.59. The van der Waals surface area contributed by atoms with E-state index in [2.05, 4.69) is 56.7 Å². The molecule has 32 heavy (non-hydrogen) atoms. The lowest BCUT2D eigenvalue weighted by atomic mass is 9.69. The minimum absolute atomic E-state index is 0.0774. The number of fused-ring (bicyclic) bond motifs is 3. The number of hydrogen-bond donors (Lipinski definition) is 1. The molecule has 2 aliphatic heterocycles. The highest BCUT2D eigenvalue weighted by molar-refractivity contribution is 7.25. The van der Waals surface area contributed by atoms with Crippen molar-refractivity contribution < 1.29 is 9.53 Å². The average molecular weight is 447 g/mol. The van der Waals surface area contributed by atoms with Gasteiger partial charge in [-0.2, -0.15) is 5.10 Å². The molecule has 5 heterocycles. The first-order valence-electron chi connectivity index (χ1n) is 10.6. The molecular formula is C23H22N6O2S. The number of benzene rings is 1. The van der Waals surface area contributed by atoms with Crippen LogP contribution in [0.25, 0.3) is 20.4 Å². The Morgan fingerprint density at radius 3 is 2.75 bits per heavy atom. The Morgan fingerprint density at radius 1 is 1.22 bits per heavy atom. The van der Waals surface area contributed by atoms with Gasteiger partial charge in [0.05, 0.1) is 34.0 Å². The zero-order valence-electron chi connectivity index (χ0n) is 17.8. The maximum Gasteiger partial charge on any atom is 0.209 e. The van der Waals surface area contributed by atoms with Gasteiger partial charge in [-0.1, -0.05) is 24.3 Å². The van der Waals surface area contributed by atoms with Crippen LogP contribution < -0.4 is 5.32 Å². The molecule has 0 bridgehead atoms. The van der Waals surface area contributed by atoms with Gasteiger partial charge in [0.15, 0.2) is 0 Å². The maximum atomic E-state index is 10.9. The van der Waals surface area contributed by atoms with Crippen molar-refractivity contribution in [1.29, 1.82) is 0 Å². The second-order valence-electron chi connectivity index (χ2n) is 8.75. The van der Waals surface area contributed by atoms with Crippen LogP contribution in [0, 0.1) is 19.3 Å². The van der Waals surface area contributed by atoms with Crippen molar-refractivity contribution in [2.75, 3.05) is 25.0 Å². The number of ether oxygens (including phenoxy) is 1. The molecular weight excluding hydrogens is 424 g/mol. The highest BCUT2D eigenvalue weighted by Crippen LogP contribution is 2.51. The zero-order chi connectivity index (χ0) is 21.9. The topological polar surface area (TPSA) is 93.1 Å². The van der Waals surface area contributed by atoms with Crippen molar-refractivity contribution in [3.8, 4) is 0 Å². The van der Waals surface area contributed by atoms with Gasteiger partial charge in [0, 0.05) is 25.0 Å². The first kappa shape index (κ1) is 19.5.